The smallest absolute Gasteiger partial charge is 0.254 e. The van der Waals surface area contributed by atoms with Crippen molar-refractivity contribution >= 4 is 27.7 Å². The number of halogens is 1. The standard InChI is InChI=1S/C13H15BrN2O3/c1-7-4-8(2-3-10(7)14)13(19)16-6-9(17)5-11(16)12(15)18/h2-4,9,11,17H,5-6H2,1H3,(H2,15,18). The van der Waals surface area contributed by atoms with Crippen molar-refractivity contribution in [1.29, 1.82) is 0 Å². The molecule has 1 aromatic rings. The maximum atomic E-state index is 12.4. The van der Waals surface area contributed by atoms with E-state index < -0.39 is 18.1 Å². The molecule has 2 amide bonds. The summed E-state index contributed by atoms with van der Waals surface area (Å²) in [5.41, 5.74) is 6.69. The van der Waals surface area contributed by atoms with Crippen molar-refractivity contribution in [3.05, 3.63) is 33.8 Å². The van der Waals surface area contributed by atoms with Crippen LogP contribution in [0.1, 0.15) is 22.3 Å². The molecule has 1 aliphatic heterocycles. The Morgan fingerprint density at radius 1 is 1.47 bits per heavy atom. The molecule has 1 fully saturated rings. The van der Waals surface area contributed by atoms with Crippen molar-refractivity contribution < 1.29 is 14.7 Å². The van der Waals surface area contributed by atoms with Crippen LogP contribution in [0.15, 0.2) is 22.7 Å². The largest absolute Gasteiger partial charge is 0.391 e. The van der Waals surface area contributed by atoms with Crippen molar-refractivity contribution in [2.45, 2.75) is 25.5 Å². The van der Waals surface area contributed by atoms with Crippen LogP contribution in [0.4, 0.5) is 0 Å². The minimum atomic E-state index is -0.730. The highest BCUT2D eigenvalue weighted by Crippen LogP contribution is 2.23. The number of aliphatic hydroxyl groups excluding tert-OH is 1. The summed E-state index contributed by atoms with van der Waals surface area (Å²) in [5.74, 6) is -0.866. The van der Waals surface area contributed by atoms with Gasteiger partial charge in [-0.2, -0.15) is 0 Å². The number of nitrogens with zero attached hydrogens (tertiary/aromatic N) is 1. The number of rotatable bonds is 2. The topological polar surface area (TPSA) is 83.6 Å². The summed E-state index contributed by atoms with van der Waals surface area (Å²) in [6.45, 7) is 2.02. The highest BCUT2D eigenvalue weighted by Gasteiger charge is 2.38. The van der Waals surface area contributed by atoms with Gasteiger partial charge in [-0.25, -0.2) is 0 Å². The van der Waals surface area contributed by atoms with E-state index in [1.54, 1.807) is 18.2 Å². The summed E-state index contributed by atoms with van der Waals surface area (Å²) in [6.07, 6.45) is -0.491. The molecule has 3 N–H and O–H groups in total. The third kappa shape index (κ3) is 2.79. The summed E-state index contributed by atoms with van der Waals surface area (Å²) in [6, 6.07) is 4.48. The number of aliphatic hydroxyl groups is 1. The molecule has 0 saturated carbocycles. The van der Waals surface area contributed by atoms with Crippen molar-refractivity contribution in [1.82, 2.24) is 4.90 Å². The fourth-order valence-electron chi connectivity index (χ4n) is 2.25. The third-order valence-electron chi connectivity index (χ3n) is 3.27. The Labute approximate surface area is 119 Å². The average molecular weight is 327 g/mol. The van der Waals surface area contributed by atoms with E-state index in [1.807, 2.05) is 6.92 Å². The number of likely N-dealkylation sites (tertiary alicyclic amines) is 1. The summed E-state index contributed by atoms with van der Waals surface area (Å²) in [7, 11) is 0. The second-order valence-corrected chi connectivity index (χ2v) is 5.58. The van der Waals surface area contributed by atoms with Gasteiger partial charge in [-0.1, -0.05) is 15.9 Å². The zero-order valence-corrected chi connectivity index (χ0v) is 12.1. The van der Waals surface area contributed by atoms with Gasteiger partial charge in [-0.15, -0.1) is 0 Å². The van der Waals surface area contributed by atoms with Crippen LogP contribution in [0.2, 0.25) is 0 Å². The zero-order chi connectivity index (χ0) is 14.2. The highest BCUT2D eigenvalue weighted by atomic mass is 79.9. The van der Waals surface area contributed by atoms with Crippen molar-refractivity contribution in [2.75, 3.05) is 6.54 Å². The van der Waals surface area contributed by atoms with Crippen LogP contribution in [0, 0.1) is 6.92 Å². The third-order valence-corrected chi connectivity index (χ3v) is 4.16. The number of benzene rings is 1. The van der Waals surface area contributed by atoms with Crippen LogP contribution in [-0.2, 0) is 4.79 Å². The van der Waals surface area contributed by atoms with Gasteiger partial charge < -0.3 is 15.7 Å². The molecule has 2 atom stereocenters. The lowest BCUT2D eigenvalue weighted by molar-refractivity contribution is -0.121. The molecule has 5 nitrogen and oxygen atoms in total. The number of aryl methyl sites for hydroxylation is 1. The predicted molar refractivity (Wildman–Crippen MR) is 73.5 cm³/mol. The fourth-order valence-corrected chi connectivity index (χ4v) is 2.50. The van der Waals surface area contributed by atoms with Crippen LogP contribution in [0.5, 0.6) is 0 Å². The molecule has 102 valence electrons. The van der Waals surface area contributed by atoms with E-state index in [0.29, 0.717) is 5.56 Å². The lowest BCUT2D eigenvalue weighted by Crippen LogP contribution is -2.43. The Kier molecular flexibility index (Phi) is 3.91. The van der Waals surface area contributed by atoms with Crippen LogP contribution in [-0.4, -0.2) is 40.5 Å². The Morgan fingerprint density at radius 2 is 2.16 bits per heavy atom. The first kappa shape index (κ1) is 14.0. The Balaban J connectivity index is 2.27. The van der Waals surface area contributed by atoms with Gasteiger partial charge in [0.1, 0.15) is 6.04 Å². The van der Waals surface area contributed by atoms with Gasteiger partial charge in [0.15, 0.2) is 0 Å². The molecule has 6 heteroatoms. The van der Waals surface area contributed by atoms with Crippen molar-refractivity contribution in [3.63, 3.8) is 0 Å². The molecule has 1 heterocycles. The maximum Gasteiger partial charge on any atom is 0.254 e. The second kappa shape index (κ2) is 5.30. The normalized spacial score (nSPS) is 22.6. The summed E-state index contributed by atoms with van der Waals surface area (Å²) in [4.78, 5) is 25.0. The molecule has 0 aromatic heterocycles. The number of amides is 2. The number of β-amino-alcohol motifs (C(OH)–C–C–N with tert-alkyl or cyclic N) is 1. The van der Waals surface area contributed by atoms with E-state index in [-0.39, 0.29) is 18.9 Å². The van der Waals surface area contributed by atoms with E-state index in [2.05, 4.69) is 15.9 Å². The van der Waals surface area contributed by atoms with Gasteiger partial charge in [-0.05, 0) is 30.7 Å². The molecule has 1 aromatic carbocycles. The molecule has 0 bridgehead atoms. The van der Waals surface area contributed by atoms with Gasteiger partial charge in [0.05, 0.1) is 6.10 Å². The van der Waals surface area contributed by atoms with Crippen molar-refractivity contribution in [2.24, 2.45) is 5.73 Å². The zero-order valence-electron chi connectivity index (χ0n) is 10.5. The molecule has 2 unspecified atom stereocenters. The minimum Gasteiger partial charge on any atom is -0.391 e. The van der Waals surface area contributed by atoms with Crippen LogP contribution >= 0.6 is 15.9 Å². The summed E-state index contributed by atoms with van der Waals surface area (Å²) in [5, 5.41) is 9.60. The number of hydrogen-bond donors (Lipinski definition) is 2. The SMILES string of the molecule is Cc1cc(C(=O)N2CC(O)CC2C(N)=O)ccc1Br. The lowest BCUT2D eigenvalue weighted by atomic mass is 10.1. The minimum absolute atomic E-state index is 0.140. The Morgan fingerprint density at radius 3 is 2.74 bits per heavy atom. The van der Waals surface area contributed by atoms with E-state index in [4.69, 9.17) is 5.73 Å². The molecule has 0 spiro atoms. The second-order valence-electron chi connectivity index (χ2n) is 4.73. The van der Waals surface area contributed by atoms with Crippen molar-refractivity contribution in [3.8, 4) is 0 Å². The highest BCUT2D eigenvalue weighted by molar-refractivity contribution is 9.10. The van der Waals surface area contributed by atoms with Gasteiger partial charge in [0, 0.05) is 23.0 Å². The molecule has 2 rings (SSSR count). The fraction of sp³-hybridized carbons (Fsp3) is 0.385. The molecular weight excluding hydrogens is 312 g/mol. The quantitative estimate of drug-likeness (QED) is 0.843. The monoisotopic (exact) mass is 326 g/mol. The summed E-state index contributed by atoms with van der Waals surface area (Å²) < 4.78 is 0.914. The van der Waals surface area contributed by atoms with E-state index >= 15 is 0 Å². The number of carbonyl (C=O) groups is 2. The van der Waals surface area contributed by atoms with Crippen LogP contribution in [0.3, 0.4) is 0 Å². The molecule has 0 aliphatic carbocycles. The Hall–Kier alpha value is -1.40. The Bertz CT molecular complexity index is 533. The number of carbonyl (C=O) groups excluding carboxylic acids is 2. The maximum absolute atomic E-state index is 12.4. The number of nitrogens with two attached hydrogens (primary N) is 1. The molecule has 1 aliphatic rings. The lowest BCUT2D eigenvalue weighted by Gasteiger charge is -2.22. The van der Waals surface area contributed by atoms with E-state index in [0.717, 1.165) is 10.0 Å². The van der Waals surface area contributed by atoms with Gasteiger partial charge in [0.25, 0.3) is 5.91 Å². The van der Waals surface area contributed by atoms with Gasteiger partial charge in [-0.3, -0.25) is 9.59 Å². The van der Waals surface area contributed by atoms with E-state index in [9.17, 15) is 14.7 Å². The first-order valence-corrected chi connectivity index (χ1v) is 6.74. The number of primary amides is 1. The predicted octanol–water partition coefficient (Wildman–Crippen LogP) is 0.818. The van der Waals surface area contributed by atoms with Gasteiger partial charge >= 0.3 is 0 Å². The first-order valence-electron chi connectivity index (χ1n) is 5.94. The molecular formula is C13H15BrN2O3. The molecule has 19 heavy (non-hydrogen) atoms. The van der Waals surface area contributed by atoms with Crippen LogP contribution in [0.25, 0.3) is 0 Å². The molecule has 1 saturated heterocycles. The number of hydrogen-bond acceptors (Lipinski definition) is 3. The van der Waals surface area contributed by atoms with Crippen LogP contribution < -0.4 is 5.73 Å². The van der Waals surface area contributed by atoms with Gasteiger partial charge in [0.2, 0.25) is 5.91 Å². The average Bonchev–Trinajstić information content (AvgIpc) is 2.74. The first-order chi connectivity index (χ1) is 8.90. The summed E-state index contributed by atoms with van der Waals surface area (Å²) >= 11 is 3.37. The van der Waals surface area contributed by atoms with E-state index in [1.165, 1.54) is 4.90 Å². The molecule has 0 radical (unpaired) electrons.